The van der Waals surface area contributed by atoms with E-state index in [9.17, 15) is 4.79 Å². The maximum Gasteiger partial charge on any atom is 0.305 e. The van der Waals surface area contributed by atoms with Crippen molar-refractivity contribution in [2.24, 2.45) is 4.99 Å². The minimum Gasteiger partial charge on any atom is -0.469 e. The van der Waals surface area contributed by atoms with Crippen LogP contribution in [0.1, 0.15) is 32.6 Å². The summed E-state index contributed by atoms with van der Waals surface area (Å²) in [4.78, 5) is 15.4. The van der Waals surface area contributed by atoms with E-state index in [4.69, 9.17) is 0 Å². The Morgan fingerprint density at radius 1 is 1.26 bits per heavy atom. The van der Waals surface area contributed by atoms with Crippen LogP contribution in [0.3, 0.4) is 0 Å². The van der Waals surface area contributed by atoms with E-state index in [0.717, 1.165) is 50.6 Å². The Bertz CT molecular complexity index is 260. The van der Waals surface area contributed by atoms with E-state index in [0.29, 0.717) is 6.42 Å². The molecular weight excluding hydrogens is 262 g/mol. The van der Waals surface area contributed by atoms with Gasteiger partial charge in [0.2, 0.25) is 0 Å². The highest BCUT2D eigenvalue weighted by Gasteiger charge is 1.99. The van der Waals surface area contributed by atoms with Crippen molar-refractivity contribution in [1.29, 1.82) is 0 Å². The van der Waals surface area contributed by atoms with E-state index < -0.39 is 0 Å². The van der Waals surface area contributed by atoms with Crippen LogP contribution in [0.5, 0.6) is 0 Å². The zero-order valence-electron chi connectivity index (χ0n) is 12.3. The second-order valence-electron chi connectivity index (χ2n) is 4.07. The number of hydrogen-bond donors (Lipinski definition) is 2. The molecule has 2 N–H and O–H groups in total. The number of esters is 1. The fourth-order valence-electron chi connectivity index (χ4n) is 1.46. The number of unbranched alkanes of at least 4 members (excludes halogenated alkanes) is 2. The van der Waals surface area contributed by atoms with Crippen molar-refractivity contribution in [3.63, 3.8) is 0 Å². The summed E-state index contributed by atoms with van der Waals surface area (Å²) in [6.07, 6.45) is 5.47. The van der Waals surface area contributed by atoms with Crippen LogP contribution in [-0.2, 0) is 9.53 Å². The van der Waals surface area contributed by atoms with Gasteiger partial charge in [0.05, 0.1) is 7.11 Å². The summed E-state index contributed by atoms with van der Waals surface area (Å²) in [6, 6.07) is 0. The molecule has 0 rings (SSSR count). The lowest BCUT2D eigenvalue weighted by Crippen LogP contribution is -2.38. The number of hydrogen-bond acceptors (Lipinski definition) is 4. The van der Waals surface area contributed by atoms with Gasteiger partial charge in [-0.2, -0.15) is 11.8 Å². The molecule has 0 bridgehead atoms. The van der Waals surface area contributed by atoms with E-state index in [1.54, 1.807) is 0 Å². The van der Waals surface area contributed by atoms with Crippen LogP contribution < -0.4 is 10.6 Å². The number of aliphatic imine (C=N–C) groups is 1. The zero-order chi connectivity index (χ0) is 14.3. The molecule has 0 aromatic carbocycles. The van der Waals surface area contributed by atoms with E-state index >= 15 is 0 Å². The summed E-state index contributed by atoms with van der Waals surface area (Å²) in [5.74, 6) is 1.82. The van der Waals surface area contributed by atoms with Crippen LogP contribution in [0.4, 0.5) is 0 Å². The molecule has 0 atom stereocenters. The third-order valence-electron chi connectivity index (χ3n) is 2.48. The van der Waals surface area contributed by atoms with Gasteiger partial charge < -0.3 is 15.4 Å². The molecule has 112 valence electrons. The Kier molecular flexibility index (Phi) is 12.9. The van der Waals surface area contributed by atoms with Gasteiger partial charge in [0, 0.05) is 31.8 Å². The fraction of sp³-hybridized carbons (Fsp3) is 0.846. The molecule has 5 nitrogen and oxygen atoms in total. The summed E-state index contributed by atoms with van der Waals surface area (Å²) in [5, 5.41) is 6.50. The first-order chi connectivity index (χ1) is 9.24. The lowest BCUT2D eigenvalue weighted by Gasteiger charge is -2.10. The van der Waals surface area contributed by atoms with Crippen molar-refractivity contribution in [3.05, 3.63) is 0 Å². The van der Waals surface area contributed by atoms with Gasteiger partial charge >= 0.3 is 5.97 Å². The molecule has 0 aliphatic rings. The second kappa shape index (κ2) is 13.5. The van der Waals surface area contributed by atoms with Crippen LogP contribution in [0.15, 0.2) is 4.99 Å². The SMILES string of the molecule is CCNC(=NCCCCCC(=O)OC)NCCSC. The molecule has 0 aliphatic heterocycles. The standard InChI is InChI=1S/C13H27N3O2S/c1-4-14-13(16-10-11-19-3)15-9-7-5-6-8-12(17)18-2/h4-11H2,1-3H3,(H2,14,15,16). The number of guanidine groups is 1. The predicted molar refractivity (Wildman–Crippen MR) is 82.8 cm³/mol. The van der Waals surface area contributed by atoms with E-state index in [1.807, 2.05) is 11.8 Å². The Hall–Kier alpha value is -0.910. The normalized spacial score (nSPS) is 11.2. The molecule has 6 heteroatoms. The van der Waals surface area contributed by atoms with Gasteiger partial charge in [-0.15, -0.1) is 0 Å². The lowest BCUT2D eigenvalue weighted by atomic mass is 10.2. The van der Waals surface area contributed by atoms with E-state index in [1.165, 1.54) is 7.11 Å². The van der Waals surface area contributed by atoms with Crippen molar-refractivity contribution in [2.75, 3.05) is 38.8 Å². The number of thioether (sulfide) groups is 1. The fourth-order valence-corrected chi connectivity index (χ4v) is 1.77. The molecule has 0 saturated carbocycles. The minimum atomic E-state index is -0.129. The molecular formula is C13H27N3O2S. The third kappa shape index (κ3) is 11.9. The van der Waals surface area contributed by atoms with Gasteiger partial charge in [0.15, 0.2) is 5.96 Å². The van der Waals surface area contributed by atoms with E-state index in [2.05, 4.69) is 33.5 Å². The van der Waals surface area contributed by atoms with Gasteiger partial charge in [-0.3, -0.25) is 9.79 Å². The Labute approximate surface area is 121 Å². The quantitative estimate of drug-likeness (QED) is 0.277. The number of ether oxygens (including phenoxy) is 1. The molecule has 0 aromatic rings. The first kappa shape index (κ1) is 18.1. The highest BCUT2D eigenvalue weighted by Crippen LogP contribution is 2.01. The predicted octanol–water partition coefficient (Wildman–Crippen LogP) is 1.64. The van der Waals surface area contributed by atoms with Gasteiger partial charge in [-0.05, 0) is 26.0 Å². The largest absolute Gasteiger partial charge is 0.469 e. The van der Waals surface area contributed by atoms with Crippen molar-refractivity contribution in [2.45, 2.75) is 32.6 Å². The maximum absolute atomic E-state index is 10.9. The van der Waals surface area contributed by atoms with Crippen molar-refractivity contribution in [3.8, 4) is 0 Å². The van der Waals surface area contributed by atoms with Crippen molar-refractivity contribution < 1.29 is 9.53 Å². The number of rotatable bonds is 10. The maximum atomic E-state index is 10.9. The molecule has 0 unspecified atom stereocenters. The molecule has 0 fully saturated rings. The number of carbonyl (C=O) groups excluding carboxylic acids is 1. The van der Waals surface area contributed by atoms with Crippen molar-refractivity contribution in [1.82, 2.24) is 10.6 Å². The number of carbonyl (C=O) groups is 1. The Morgan fingerprint density at radius 2 is 2.05 bits per heavy atom. The zero-order valence-corrected chi connectivity index (χ0v) is 13.1. The second-order valence-corrected chi connectivity index (χ2v) is 5.05. The molecule has 0 amide bonds. The highest BCUT2D eigenvalue weighted by molar-refractivity contribution is 7.98. The smallest absolute Gasteiger partial charge is 0.305 e. The number of methoxy groups -OCH3 is 1. The summed E-state index contributed by atoms with van der Waals surface area (Å²) in [7, 11) is 1.43. The van der Waals surface area contributed by atoms with Crippen molar-refractivity contribution >= 4 is 23.7 Å². The lowest BCUT2D eigenvalue weighted by molar-refractivity contribution is -0.140. The average Bonchev–Trinajstić information content (AvgIpc) is 2.42. The first-order valence-corrected chi connectivity index (χ1v) is 8.21. The Balaban J connectivity index is 3.68. The van der Waals surface area contributed by atoms with Gasteiger partial charge in [-0.25, -0.2) is 0 Å². The highest BCUT2D eigenvalue weighted by atomic mass is 32.2. The molecule has 0 aliphatic carbocycles. The summed E-state index contributed by atoms with van der Waals surface area (Å²) < 4.78 is 4.59. The number of nitrogens with zero attached hydrogens (tertiary/aromatic N) is 1. The third-order valence-corrected chi connectivity index (χ3v) is 3.09. The van der Waals surface area contributed by atoms with Crippen LogP contribution in [0.2, 0.25) is 0 Å². The van der Waals surface area contributed by atoms with Gasteiger partial charge in [-0.1, -0.05) is 6.42 Å². The van der Waals surface area contributed by atoms with Crippen LogP contribution in [-0.4, -0.2) is 50.7 Å². The monoisotopic (exact) mass is 289 g/mol. The van der Waals surface area contributed by atoms with Crippen LogP contribution in [0.25, 0.3) is 0 Å². The summed E-state index contributed by atoms with van der Waals surface area (Å²) in [6.45, 7) is 4.64. The average molecular weight is 289 g/mol. The summed E-state index contributed by atoms with van der Waals surface area (Å²) in [5.41, 5.74) is 0. The molecule has 0 saturated heterocycles. The molecule has 19 heavy (non-hydrogen) atoms. The van der Waals surface area contributed by atoms with Gasteiger partial charge in [0.1, 0.15) is 0 Å². The molecule has 0 aromatic heterocycles. The Morgan fingerprint density at radius 3 is 2.68 bits per heavy atom. The molecule has 0 spiro atoms. The van der Waals surface area contributed by atoms with Crippen LogP contribution >= 0.6 is 11.8 Å². The molecule has 0 radical (unpaired) electrons. The number of nitrogens with one attached hydrogen (secondary N) is 2. The van der Waals surface area contributed by atoms with E-state index in [-0.39, 0.29) is 5.97 Å². The van der Waals surface area contributed by atoms with Gasteiger partial charge in [0.25, 0.3) is 0 Å². The summed E-state index contributed by atoms with van der Waals surface area (Å²) >= 11 is 1.81. The molecule has 0 heterocycles. The topological polar surface area (TPSA) is 62.7 Å². The minimum absolute atomic E-state index is 0.129. The van der Waals surface area contributed by atoms with Crippen LogP contribution in [0, 0.1) is 0 Å². The first-order valence-electron chi connectivity index (χ1n) is 6.82.